The van der Waals surface area contributed by atoms with Crippen molar-refractivity contribution in [2.45, 2.75) is 4.21 Å². The summed E-state index contributed by atoms with van der Waals surface area (Å²) in [6, 6.07) is 11.9. The molecule has 88 valence electrons. The lowest BCUT2D eigenvalue weighted by molar-refractivity contribution is 0.600. The third-order valence-corrected chi connectivity index (χ3v) is 5.01. The van der Waals surface area contributed by atoms with Gasteiger partial charge in [0.25, 0.3) is 10.0 Å². The fourth-order valence-electron chi connectivity index (χ4n) is 1.19. The Morgan fingerprint density at radius 3 is 2.41 bits per heavy atom. The number of benzene rings is 1. The Hall–Kier alpha value is -1.17. The first kappa shape index (κ1) is 12.3. The Morgan fingerprint density at radius 2 is 1.82 bits per heavy atom. The van der Waals surface area contributed by atoms with Crippen molar-refractivity contribution in [2.24, 2.45) is 4.40 Å². The molecule has 0 aliphatic carbocycles. The van der Waals surface area contributed by atoms with E-state index < -0.39 is 10.0 Å². The van der Waals surface area contributed by atoms with E-state index in [1.165, 1.54) is 6.07 Å². The summed E-state index contributed by atoms with van der Waals surface area (Å²) >= 11 is 7.00. The average Bonchev–Trinajstić information content (AvgIpc) is 2.84. The zero-order valence-corrected chi connectivity index (χ0v) is 11.0. The molecule has 1 heterocycles. The quantitative estimate of drug-likeness (QED) is 0.814. The van der Waals surface area contributed by atoms with Gasteiger partial charge in [-0.05, 0) is 11.4 Å². The third-order valence-electron chi connectivity index (χ3n) is 1.96. The van der Waals surface area contributed by atoms with E-state index >= 15 is 0 Å². The van der Waals surface area contributed by atoms with Crippen LogP contribution >= 0.6 is 22.9 Å². The Bertz CT molecular complexity index is 619. The van der Waals surface area contributed by atoms with E-state index in [1.54, 1.807) is 35.7 Å². The highest BCUT2D eigenvalue weighted by molar-refractivity contribution is 7.92. The van der Waals surface area contributed by atoms with Crippen molar-refractivity contribution < 1.29 is 8.42 Å². The summed E-state index contributed by atoms with van der Waals surface area (Å²) in [6.45, 7) is 0. The SMILES string of the molecule is O=S(=O)(N=C(Cl)c1ccccc1)c1cccs1. The van der Waals surface area contributed by atoms with Gasteiger partial charge in [0.2, 0.25) is 0 Å². The molecule has 6 heteroatoms. The lowest BCUT2D eigenvalue weighted by atomic mass is 10.2. The van der Waals surface area contributed by atoms with Gasteiger partial charge in [-0.15, -0.1) is 15.7 Å². The first-order valence-corrected chi connectivity index (χ1v) is 7.39. The van der Waals surface area contributed by atoms with Crippen molar-refractivity contribution in [2.75, 3.05) is 0 Å². The summed E-state index contributed by atoms with van der Waals surface area (Å²) in [7, 11) is -3.69. The Balaban J connectivity index is 2.38. The number of rotatable bonds is 3. The van der Waals surface area contributed by atoms with Crippen molar-refractivity contribution in [1.29, 1.82) is 0 Å². The van der Waals surface area contributed by atoms with Gasteiger partial charge in [0.1, 0.15) is 9.38 Å². The first-order chi connectivity index (χ1) is 8.09. The molecule has 0 atom stereocenters. The van der Waals surface area contributed by atoms with E-state index in [0.717, 1.165) is 11.3 Å². The molecule has 0 radical (unpaired) electrons. The normalized spacial score (nSPS) is 12.6. The van der Waals surface area contributed by atoms with Crippen LogP contribution in [0.15, 0.2) is 56.5 Å². The summed E-state index contributed by atoms with van der Waals surface area (Å²) in [4.78, 5) is 0. The summed E-state index contributed by atoms with van der Waals surface area (Å²) in [5, 5.41) is 1.65. The maximum Gasteiger partial charge on any atom is 0.293 e. The van der Waals surface area contributed by atoms with Crippen LogP contribution in [0.3, 0.4) is 0 Å². The van der Waals surface area contributed by atoms with Crippen LogP contribution in [0.25, 0.3) is 0 Å². The molecule has 0 amide bonds. The predicted molar refractivity (Wildman–Crippen MR) is 70.3 cm³/mol. The highest BCUT2D eigenvalue weighted by atomic mass is 35.5. The van der Waals surface area contributed by atoms with Crippen LogP contribution in [0.5, 0.6) is 0 Å². The zero-order chi connectivity index (χ0) is 12.3. The average molecular weight is 286 g/mol. The fourth-order valence-corrected chi connectivity index (χ4v) is 3.46. The molecule has 2 aromatic rings. The summed E-state index contributed by atoms with van der Waals surface area (Å²) in [5.74, 6) is 0. The van der Waals surface area contributed by atoms with Crippen molar-refractivity contribution >= 4 is 38.1 Å². The maximum atomic E-state index is 11.8. The largest absolute Gasteiger partial charge is 0.293 e. The lowest BCUT2D eigenvalue weighted by Crippen LogP contribution is -1.99. The molecule has 0 spiro atoms. The smallest absolute Gasteiger partial charge is 0.198 e. The first-order valence-electron chi connectivity index (χ1n) is 4.69. The van der Waals surface area contributed by atoms with Gasteiger partial charge in [0, 0.05) is 5.56 Å². The molecule has 0 aliphatic heterocycles. The highest BCUT2D eigenvalue weighted by Crippen LogP contribution is 2.20. The standard InChI is InChI=1S/C11H8ClNO2S2/c12-11(9-5-2-1-3-6-9)13-17(14,15)10-7-4-8-16-10/h1-8H. The molecule has 1 aromatic heterocycles. The highest BCUT2D eigenvalue weighted by Gasteiger charge is 2.15. The lowest BCUT2D eigenvalue weighted by Gasteiger charge is -1.98. The number of hydrogen-bond acceptors (Lipinski definition) is 3. The molecule has 0 fully saturated rings. The molecule has 0 aliphatic rings. The molecule has 3 nitrogen and oxygen atoms in total. The van der Waals surface area contributed by atoms with Crippen molar-refractivity contribution in [3.05, 3.63) is 53.4 Å². The molecule has 0 bridgehead atoms. The van der Waals surface area contributed by atoms with Gasteiger partial charge in [-0.25, -0.2) is 0 Å². The van der Waals surface area contributed by atoms with Crippen LogP contribution in [0.2, 0.25) is 0 Å². The van der Waals surface area contributed by atoms with E-state index in [9.17, 15) is 8.42 Å². The minimum Gasteiger partial charge on any atom is -0.198 e. The number of halogens is 1. The summed E-state index contributed by atoms with van der Waals surface area (Å²) < 4.78 is 27.4. The second-order valence-electron chi connectivity index (χ2n) is 3.16. The number of hydrogen-bond donors (Lipinski definition) is 0. The van der Waals surface area contributed by atoms with Gasteiger partial charge in [0.05, 0.1) is 0 Å². The van der Waals surface area contributed by atoms with Gasteiger partial charge in [-0.2, -0.15) is 8.42 Å². The number of sulfonamides is 1. The van der Waals surface area contributed by atoms with Gasteiger partial charge in [-0.3, -0.25) is 0 Å². The Morgan fingerprint density at radius 1 is 1.12 bits per heavy atom. The molecule has 0 unspecified atom stereocenters. The van der Waals surface area contributed by atoms with Gasteiger partial charge in [-0.1, -0.05) is 48.0 Å². The van der Waals surface area contributed by atoms with Crippen LogP contribution < -0.4 is 0 Å². The van der Waals surface area contributed by atoms with E-state index in [4.69, 9.17) is 11.6 Å². The summed E-state index contributed by atoms with van der Waals surface area (Å²) in [5.41, 5.74) is 0.578. The molecule has 0 N–H and O–H groups in total. The topological polar surface area (TPSA) is 46.5 Å². The molecule has 1 aromatic carbocycles. The van der Waals surface area contributed by atoms with Gasteiger partial charge in [0.15, 0.2) is 0 Å². The minimum atomic E-state index is -3.69. The molecule has 17 heavy (non-hydrogen) atoms. The van der Waals surface area contributed by atoms with E-state index in [-0.39, 0.29) is 9.38 Å². The minimum absolute atomic E-state index is 0.0287. The summed E-state index contributed by atoms with van der Waals surface area (Å²) in [6.07, 6.45) is 0. The van der Waals surface area contributed by atoms with Crippen LogP contribution in [-0.4, -0.2) is 13.6 Å². The molecule has 0 saturated carbocycles. The van der Waals surface area contributed by atoms with Crippen molar-refractivity contribution in [1.82, 2.24) is 0 Å². The van der Waals surface area contributed by atoms with Gasteiger partial charge >= 0.3 is 0 Å². The molecular formula is C11H8ClNO2S2. The van der Waals surface area contributed by atoms with Crippen LogP contribution in [0, 0.1) is 0 Å². The number of nitrogens with zero attached hydrogens (tertiary/aromatic N) is 1. The van der Waals surface area contributed by atoms with Crippen LogP contribution in [0.1, 0.15) is 5.56 Å². The zero-order valence-electron chi connectivity index (χ0n) is 8.58. The molecule has 2 rings (SSSR count). The second-order valence-corrected chi connectivity index (χ2v) is 6.29. The van der Waals surface area contributed by atoms with E-state index in [2.05, 4.69) is 4.40 Å². The fraction of sp³-hybridized carbons (Fsp3) is 0. The second kappa shape index (κ2) is 5.00. The Labute approximate surface area is 108 Å². The number of thiophene rings is 1. The molecular weight excluding hydrogens is 278 g/mol. The predicted octanol–water partition coefficient (Wildman–Crippen LogP) is 3.12. The van der Waals surface area contributed by atoms with E-state index in [1.807, 2.05) is 6.07 Å². The van der Waals surface area contributed by atoms with Crippen LogP contribution in [0.4, 0.5) is 0 Å². The molecule has 0 saturated heterocycles. The maximum absolute atomic E-state index is 11.8. The van der Waals surface area contributed by atoms with E-state index in [0.29, 0.717) is 5.56 Å². The van der Waals surface area contributed by atoms with Crippen LogP contribution in [-0.2, 0) is 10.0 Å². The Kier molecular flexibility index (Phi) is 3.61. The third kappa shape index (κ3) is 2.94. The van der Waals surface area contributed by atoms with Gasteiger partial charge < -0.3 is 0 Å². The monoisotopic (exact) mass is 285 g/mol. The van der Waals surface area contributed by atoms with Crippen molar-refractivity contribution in [3.63, 3.8) is 0 Å². The van der Waals surface area contributed by atoms with Crippen molar-refractivity contribution in [3.8, 4) is 0 Å².